The van der Waals surface area contributed by atoms with Crippen molar-refractivity contribution < 1.29 is 4.79 Å². The van der Waals surface area contributed by atoms with Crippen molar-refractivity contribution in [2.24, 2.45) is 0 Å². The topological polar surface area (TPSA) is 49.0 Å². The van der Waals surface area contributed by atoms with Crippen molar-refractivity contribution in [2.45, 2.75) is 13.0 Å². The summed E-state index contributed by atoms with van der Waals surface area (Å²) in [5.74, 6) is 0.0688. The zero-order valence-corrected chi connectivity index (χ0v) is 11.5. The highest BCUT2D eigenvalue weighted by Crippen LogP contribution is 2.23. The number of aromatic amines is 1. The van der Waals surface area contributed by atoms with Crippen molar-refractivity contribution in [3.8, 4) is 0 Å². The molecule has 0 radical (unpaired) electrons. The first-order valence-electron chi connectivity index (χ1n) is 7.11. The molecule has 4 nitrogen and oxygen atoms in total. The van der Waals surface area contributed by atoms with Crippen molar-refractivity contribution in [1.82, 2.24) is 15.1 Å². The third-order valence-electron chi connectivity index (χ3n) is 4.12. The molecule has 0 unspecified atom stereocenters. The highest BCUT2D eigenvalue weighted by atomic mass is 16.2. The number of nitrogens with zero attached hydrogens (tertiary/aromatic N) is 2. The number of rotatable bonds is 1. The minimum absolute atomic E-state index is 0.0688. The van der Waals surface area contributed by atoms with Gasteiger partial charge in [0.2, 0.25) is 0 Å². The fraction of sp³-hybridized carbons (Fsp3) is 0.176. The minimum atomic E-state index is 0.0688. The third kappa shape index (κ3) is 2.00. The standard InChI is InChI=1S/C17H15N3O/c21-17(15-7-3-6-13-10-18-19-16(13)15)20-9-8-12-4-1-2-5-14(12)11-20/h1-7,10H,8-9,11H2,(H,18,19). The number of nitrogens with one attached hydrogen (secondary N) is 1. The zero-order valence-electron chi connectivity index (χ0n) is 11.5. The van der Waals surface area contributed by atoms with Crippen molar-refractivity contribution in [2.75, 3.05) is 6.54 Å². The van der Waals surface area contributed by atoms with Crippen LogP contribution in [0.2, 0.25) is 0 Å². The van der Waals surface area contributed by atoms with Crippen molar-refractivity contribution >= 4 is 16.8 Å². The van der Waals surface area contributed by atoms with E-state index in [1.165, 1.54) is 11.1 Å². The summed E-state index contributed by atoms with van der Waals surface area (Å²) in [6.07, 6.45) is 2.67. The van der Waals surface area contributed by atoms with E-state index in [-0.39, 0.29) is 5.91 Å². The summed E-state index contributed by atoms with van der Waals surface area (Å²) in [7, 11) is 0. The van der Waals surface area contributed by atoms with Crippen LogP contribution in [0.1, 0.15) is 21.5 Å². The van der Waals surface area contributed by atoms with Crippen LogP contribution in [0.4, 0.5) is 0 Å². The summed E-state index contributed by atoms with van der Waals surface area (Å²) in [6.45, 7) is 1.44. The van der Waals surface area contributed by atoms with Crippen LogP contribution >= 0.6 is 0 Å². The lowest BCUT2D eigenvalue weighted by molar-refractivity contribution is 0.0736. The number of para-hydroxylation sites is 1. The van der Waals surface area contributed by atoms with Gasteiger partial charge < -0.3 is 4.90 Å². The van der Waals surface area contributed by atoms with Crippen LogP contribution in [0, 0.1) is 0 Å². The van der Waals surface area contributed by atoms with Gasteiger partial charge in [-0.3, -0.25) is 9.89 Å². The summed E-state index contributed by atoms with van der Waals surface area (Å²) in [6, 6.07) is 14.1. The predicted molar refractivity (Wildman–Crippen MR) is 81.0 cm³/mol. The highest BCUT2D eigenvalue weighted by molar-refractivity contribution is 6.05. The molecule has 0 spiro atoms. The molecule has 3 aromatic rings. The van der Waals surface area contributed by atoms with Gasteiger partial charge in [-0.05, 0) is 23.6 Å². The number of fused-ring (bicyclic) bond motifs is 2. The van der Waals surface area contributed by atoms with Gasteiger partial charge in [-0.15, -0.1) is 0 Å². The monoisotopic (exact) mass is 277 g/mol. The molecule has 104 valence electrons. The summed E-state index contributed by atoms with van der Waals surface area (Å²) in [5, 5.41) is 7.93. The molecule has 0 atom stereocenters. The molecule has 0 aliphatic carbocycles. The van der Waals surface area contributed by atoms with E-state index < -0.39 is 0 Å². The fourth-order valence-corrected chi connectivity index (χ4v) is 2.99. The first-order chi connectivity index (χ1) is 10.3. The van der Waals surface area contributed by atoms with E-state index in [1.807, 2.05) is 29.2 Å². The van der Waals surface area contributed by atoms with Crippen molar-refractivity contribution in [3.63, 3.8) is 0 Å². The van der Waals surface area contributed by atoms with E-state index in [2.05, 4.69) is 28.4 Å². The molecule has 2 aromatic carbocycles. The second-order valence-corrected chi connectivity index (χ2v) is 5.39. The molecule has 2 heterocycles. The van der Waals surface area contributed by atoms with Crippen LogP contribution in [0.5, 0.6) is 0 Å². The quantitative estimate of drug-likeness (QED) is 0.743. The van der Waals surface area contributed by atoms with Crippen LogP contribution in [0.25, 0.3) is 10.9 Å². The molecule has 1 aromatic heterocycles. The molecule has 0 saturated heterocycles. The smallest absolute Gasteiger partial charge is 0.256 e. The Morgan fingerprint density at radius 3 is 2.86 bits per heavy atom. The van der Waals surface area contributed by atoms with Gasteiger partial charge in [0.25, 0.3) is 5.91 Å². The molecule has 1 aliphatic heterocycles. The maximum atomic E-state index is 12.8. The molecule has 4 rings (SSSR count). The van der Waals surface area contributed by atoms with E-state index in [4.69, 9.17) is 0 Å². The average Bonchev–Trinajstić information content (AvgIpc) is 3.02. The number of hydrogen-bond acceptors (Lipinski definition) is 2. The van der Waals surface area contributed by atoms with E-state index in [1.54, 1.807) is 6.20 Å². The van der Waals surface area contributed by atoms with Gasteiger partial charge in [-0.25, -0.2) is 0 Å². The predicted octanol–water partition coefficient (Wildman–Crippen LogP) is 2.76. The van der Waals surface area contributed by atoms with Gasteiger partial charge in [0, 0.05) is 18.5 Å². The number of aromatic nitrogens is 2. The lowest BCUT2D eigenvalue weighted by Crippen LogP contribution is -2.36. The summed E-state index contributed by atoms with van der Waals surface area (Å²) >= 11 is 0. The Morgan fingerprint density at radius 1 is 1.10 bits per heavy atom. The number of amides is 1. The van der Waals surface area contributed by atoms with E-state index in [9.17, 15) is 4.79 Å². The van der Waals surface area contributed by atoms with Crippen LogP contribution in [0.15, 0.2) is 48.7 Å². The number of benzene rings is 2. The zero-order chi connectivity index (χ0) is 14.2. The second kappa shape index (κ2) is 4.74. The van der Waals surface area contributed by atoms with Crippen molar-refractivity contribution in [1.29, 1.82) is 0 Å². The Balaban J connectivity index is 1.69. The minimum Gasteiger partial charge on any atom is -0.334 e. The Morgan fingerprint density at radius 2 is 1.95 bits per heavy atom. The Labute approximate surface area is 122 Å². The lowest BCUT2D eigenvalue weighted by Gasteiger charge is -2.29. The molecule has 0 fully saturated rings. The van der Waals surface area contributed by atoms with Gasteiger partial charge in [0.1, 0.15) is 0 Å². The van der Waals surface area contributed by atoms with Crippen LogP contribution < -0.4 is 0 Å². The van der Waals surface area contributed by atoms with E-state index in [0.717, 1.165) is 23.9 Å². The van der Waals surface area contributed by atoms with Gasteiger partial charge in [-0.2, -0.15) is 5.10 Å². The normalized spacial score (nSPS) is 14.2. The summed E-state index contributed by atoms with van der Waals surface area (Å²) < 4.78 is 0. The third-order valence-corrected chi connectivity index (χ3v) is 4.12. The highest BCUT2D eigenvalue weighted by Gasteiger charge is 2.23. The largest absolute Gasteiger partial charge is 0.334 e. The SMILES string of the molecule is O=C(c1cccc2cn[nH]c12)N1CCc2ccccc2C1. The molecule has 0 saturated carbocycles. The van der Waals surface area contributed by atoms with Gasteiger partial charge in [0.15, 0.2) is 0 Å². The average molecular weight is 277 g/mol. The molecule has 21 heavy (non-hydrogen) atoms. The maximum absolute atomic E-state index is 12.8. The Hall–Kier alpha value is -2.62. The molecule has 1 N–H and O–H groups in total. The number of carbonyl (C=O) groups is 1. The molecular formula is C17H15N3O. The summed E-state index contributed by atoms with van der Waals surface area (Å²) in [5.41, 5.74) is 4.11. The number of carbonyl (C=O) groups excluding carboxylic acids is 1. The summed E-state index contributed by atoms with van der Waals surface area (Å²) in [4.78, 5) is 14.7. The first kappa shape index (κ1) is 12.1. The molecule has 4 heteroatoms. The van der Waals surface area contributed by atoms with Gasteiger partial charge >= 0.3 is 0 Å². The van der Waals surface area contributed by atoms with Crippen molar-refractivity contribution in [3.05, 3.63) is 65.4 Å². The number of hydrogen-bond donors (Lipinski definition) is 1. The van der Waals surface area contributed by atoms with Gasteiger partial charge in [0.05, 0.1) is 17.3 Å². The lowest BCUT2D eigenvalue weighted by atomic mass is 9.99. The van der Waals surface area contributed by atoms with Crippen LogP contribution in [-0.4, -0.2) is 27.5 Å². The number of H-pyrrole nitrogens is 1. The molecule has 1 aliphatic rings. The van der Waals surface area contributed by atoms with Crippen LogP contribution in [-0.2, 0) is 13.0 Å². The van der Waals surface area contributed by atoms with Crippen LogP contribution in [0.3, 0.4) is 0 Å². The Bertz CT molecular complexity index is 822. The van der Waals surface area contributed by atoms with Gasteiger partial charge in [-0.1, -0.05) is 36.4 Å². The fourth-order valence-electron chi connectivity index (χ4n) is 2.99. The molecule has 1 amide bonds. The van der Waals surface area contributed by atoms with E-state index >= 15 is 0 Å². The molecular weight excluding hydrogens is 262 g/mol. The van der Waals surface area contributed by atoms with E-state index in [0.29, 0.717) is 12.1 Å². The Kier molecular flexibility index (Phi) is 2.74. The first-order valence-corrected chi connectivity index (χ1v) is 7.11. The second-order valence-electron chi connectivity index (χ2n) is 5.39. The molecule has 0 bridgehead atoms. The maximum Gasteiger partial charge on any atom is 0.256 e.